The van der Waals surface area contributed by atoms with Crippen molar-refractivity contribution in [2.75, 3.05) is 13.1 Å². The van der Waals surface area contributed by atoms with E-state index in [0.29, 0.717) is 48.1 Å². The van der Waals surface area contributed by atoms with Gasteiger partial charge in [-0.15, -0.1) is 11.3 Å². The quantitative estimate of drug-likeness (QED) is 0.799. The summed E-state index contributed by atoms with van der Waals surface area (Å²) in [5, 5.41) is 5.34. The molecule has 7 nitrogen and oxygen atoms in total. The van der Waals surface area contributed by atoms with Crippen LogP contribution in [-0.4, -0.2) is 42.7 Å². The van der Waals surface area contributed by atoms with E-state index >= 15 is 0 Å². The van der Waals surface area contributed by atoms with E-state index in [0.717, 1.165) is 5.56 Å². The first-order valence-corrected chi connectivity index (χ1v) is 10.7. The Labute approximate surface area is 157 Å². The molecule has 2 heterocycles. The number of aromatic nitrogens is 1. The average molecular weight is 395 g/mol. The van der Waals surface area contributed by atoms with Gasteiger partial charge in [-0.25, -0.2) is 13.4 Å². The van der Waals surface area contributed by atoms with Crippen LogP contribution in [-0.2, 0) is 16.6 Å². The summed E-state index contributed by atoms with van der Waals surface area (Å²) >= 11 is 1.36. The van der Waals surface area contributed by atoms with Crippen LogP contribution in [0.25, 0.3) is 0 Å². The Morgan fingerprint density at radius 3 is 2.54 bits per heavy atom. The van der Waals surface area contributed by atoms with Crippen LogP contribution < -0.4 is 11.1 Å². The number of amides is 1. The molecule has 3 N–H and O–H groups in total. The number of nitrogens with two attached hydrogens (primary N) is 1. The number of hydrogen-bond donors (Lipinski definition) is 2. The molecule has 0 saturated carbocycles. The van der Waals surface area contributed by atoms with Gasteiger partial charge in [-0.1, -0.05) is 17.7 Å². The van der Waals surface area contributed by atoms with Crippen LogP contribution in [0.15, 0.2) is 34.5 Å². The van der Waals surface area contributed by atoms with Crippen molar-refractivity contribution in [2.24, 2.45) is 5.73 Å². The molecule has 26 heavy (non-hydrogen) atoms. The Morgan fingerprint density at radius 1 is 1.31 bits per heavy atom. The van der Waals surface area contributed by atoms with Gasteiger partial charge < -0.3 is 11.1 Å². The highest BCUT2D eigenvalue weighted by atomic mass is 32.2. The second kappa shape index (κ2) is 7.83. The Morgan fingerprint density at radius 2 is 1.96 bits per heavy atom. The van der Waals surface area contributed by atoms with Crippen LogP contribution in [0.4, 0.5) is 0 Å². The molecule has 1 saturated heterocycles. The Hall–Kier alpha value is -1.81. The van der Waals surface area contributed by atoms with Crippen LogP contribution in [0.3, 0.4) is 0 Å². The summed E-state index contributed by atoms with van der Waals surface area (Å²) in [6.45, 7) is 3.00. The molecule has 1 fully saturated rings. The molecule has 0 aliphatic carbocycles. The lowest BCUT2D eigenvalue weighted by Crippen LogP contribution is -2.46. The van der Waals surface area contributed by atoms with Gasteiger partial charge in [-0.3, -0.25) is 4.79 Å². The summed E-state index contributed by atoms with van der Waals surface area (Å²) in [6.07, 6.45) is 1.15. The molecule has 0 radical (unpaired) electrons. The highest BCUT2D eigenvalue weighted by Gasteiger charge is 2.30. The Bertz CT molecular complexity index is 870. The maximum Gasteiger partial charge on any atom is 0.270 e. The fourth-order valence-electron chi connectivity index (χ4n) is 2.87. The summed E-state index contributed by atoms with van der Waals surface area (Å²) < 4.78 is 26.9. The number of nitrogens with zero attached hydrogens (tertiary/aromatic N) is 2. The molecular formula is C17H22N4O3S2. The first-order chi connectivity index (χ1) is 12.4. The third-order valence-electron chi connectivity index (χ3n) is 4.41. The molecule has 140 valence electrons. The highest BCUT2D eigenvalue weighted by molar-refractivity contribution is 7.89. The average Bonchev–Trinajstić information content (AvgIpc) is 3.12. The molecule has 0 bridgehead atoms. The number of benzene rings is 1. The summed E-state index contributed by atoms with van der Waals surface area (Å²) in [5.41, 5.74) is 6.90. The fraction of sp³-hybridized carbons (Fsp3) is 0.412. The number of hydrogen-bond acceptors (Lipinski definition) is 6. The summed E-state index contributed by atoms with van der Waals surface area (Å²) in [7, 11) is -3.49. The Balaban J connectivity index is 1.58. The second-order valence-electron chi connectivity index (χ2n) is 6.30. The third-order valence-corrected chi connectivity index (χ3v) is 7.19. The predicted molar refractivity (Wildman–Crippen MR) is 100 cm³/mol. The molecule has 0 spiro atoms. The second-order valence-corrected chi connectivity index (χ2v) is 9.18. The van der Waals surface area contributed by atoms with E-state index in [1.165, 1.54) is 15.6 Å². The van der Waals surface area contributed by atoms with E-state index in [2.05, 4.69) is 10.3 Å². The number of nitrogens with one attached hydrogen (secondary N) is 1. The largest absolute Gasteiger partial charge is 0.348 e. The number of piperidine rings is 1. The van der Waals surface area contributed by atoms with Gasteiger partial charge in [0, 0.05) is 31.1 Å². The van der Waals surface area contributed by atoms with E-state index in [1.807, 2.05) is 6.92 Å². The van der Waals surface area contributed by atoms with Crippen molar-refractivity contribution in [3.63, 3.8) is 0 Å². The van der Waals surface area contributed by atoms with Gasteiger partial charge in [0.1, 0.15) is 10.7 Å². The number of carbonyl (C=O) groups excluding carboxylic acids is 1. The third kappa shape index (κ3) is 4.12. The zero-order valence-corrected chi connectivity index (χ0v) is 16.1. The van der Waals surface area contributed by atoms with Crippen molar-refractivity contribution in [3.8, 4) is 0 Å². The minimum atomic E-state index is -3.49. The van der Waals surface area contributed by atoms with E-state index in [-0.39, 0.29) is 11.9 Å². The van der Waals surface area contributed by atoms with Gasteiger partial charge in [0.25, 0.3) is 5.91 Å². The summed E-state index contributed by atoms with van der Waals surface area (Å²) in [4.78, 5) is 16.7. The summed E-state index contributed by atoms with van der Waals surface area (Å²) in [6, 6.07) is 6.80. The molecule has 3 rings (SSSR count). The molecule has 9 heteroatoms. The van der Waals surface area contributed by atoms with Crippen LogP contribution in [0.5, 0.6) is 0 Å². The van der Waals surface area contributed by atoms with E-state index < -0.39 is 10.0 Å². The minimum absolute atomic E-state index is 0.0602. The number of carbonyl (C=O) groups is 1. The van der Waals surface area contributed by atoms with Crippen LogP contribution in [0.1, 0.15) is 33.9 Å². The smallest absolute Gasteiger partial charge is 0.270 e. The number of aryl methyl sites for hydroxylation is 1. The van der Waals surface area contributed by atoms with Gasteiger partial charge in [0.15, 0.2) is 0 Å². The maximum atomic E-state index is 12.7. The van der Waals surface area contributed by atoms with Crippen molar-refractivity contribution in [1.82, 2.24) is 14.6 Å². The lowest BCUT2D eigenvalue weighted by Gasteiger charge is -2.31. The first-order valence-electron chi connectivity index (χ1n) is 8.42. The maximum absolute atomic E-state index is 12.7. The lowest BCUT2D eigenvalue weighted by molar-refractivity contribution is 0.0919. The molecule has 0 atom stereocenters. The van der Waals surface area contributed by atoms with Gasteiger partial charge in [0.2, 0.25) is 10.0 Å². The molecule has 0 unspecified atom stereocenters. The molecular weight excluding hydrogens is 372 g/mol. The molecule has 1 aliphatic heterocycles. The van der Waals surface area contributed by atoms with Crippen LogP contribution in [0.2, 0.25) is 0 Å². The Kier molecular flexibility index (Phi) is 5.71. The van der Waals surface area contributed by atoms with Crippen molar-refractivity contribution < 1.29 is 13.2 Å². The van der Waals surface area contributed by atoms with Gasteiger partial charge in [-0.05, 0) is 31.9 Å². The first kappa shape index (κ1) is 19.0. The highest BCUT2D eigenvalue weighted by Crippen LogP contribution is 2.21. The topological polar surface area (TPSA) is 105 Å². The van der Waals surface area contributed by atoms with Gasteiger partial charge in [-0.2, -0.15) is 4.31 Å². The zero-order valence-electron chi connectivity index (χ0n) is 14.5. The van der Waals surface area contributed by atoms with Crippen LogP contribution in [0, 0.1) is 6.92 Å². The van der Waals surface area contributed by atoms with Gasteiger partial charge in [0.05, 0.1) is 4.90 Å². The molecule has 1 aromatic carbocycles. The van der Waals surface area contributed by atoms with Crippen molar-refractivity contribution in [3.05, 3.63) is 45.9 Å². The standard InChI is InChI=1S/C17H22N4O3S2/c1-12-2-4-14(5-3-12)26(23,24)21-8-6-13(7-9-21)19-17(22)15-11-25-16(10-18)20-15/h2-5,11,13H,6-10,18H2,1H3,(H,19,22). The van der Waals surface area contributed by atoms with Crippen molar-refractivity contribution >= 4 is 27.3 Å². The van der Waals surface area contributed by atoms with E-state index in [4.69, 9.17) is 5.73 Å². The molecule has 2 aromatic rings. The van der Waals surface area contributed by atoms with Crippen molar-refractivity contribution in [2.45, 2.75) is 37.2 Å². The number of sulfonamides is 1. The number of thiazole rings is 1. The van der Waals surface area contributed by atoms with E-state index in [1.54, 1.807) is 29.6 Å². The zero-order chi connectivity index (χ0) is 18.7. The predicted octanol–water partition coefficient (Wildman–Crippen LogP) is 1.49. The van der Waals surface area contributed by atoms with Gasteiger partial charge >= 0.3 is 0 Å². The van der Waals surface area contributed by atoms with Crippen LogP contribution >= 0.6 is 11.3 Å². The number of rotatable bonds is 5. The minimum Gasteiger partial charge on any atom is -0.348 e. The molecule has 1 amide bonds. The SMILES string of the molecule is Cc1ccc(S(=O)(=O)N2CCC(NC(=O)c3csc(CN)n3)CC2)cc1. The lowest BCUT2D eigenvalue weighted by atomic mass is 10.1. The van der Waals surface area contributed by atoms with Crippen molar-refractivity contribution in [1.29, 1.82) is 0 Å². The molecule has 1 aromatic heterocycles. The fourth-order valence-corrected chi connectivity index (χ4v) is 4.99. The monoisotopic (exact) mass is 394 g/mol. The summed E-state index contributed by atoms with van der Waals surface area (Å²) in [5.74, 6) is -0.235. The van der Waals surface area contributed by atoms with E-state index in [9.17, 15) is 13.2 Å². The normalized spacial score (nSPS) is 16.5. The molecule has 1 aliphatic rings.